The highest BCUT2D eigenvalue weighted by molar-refractivity contribution is 6.16. The van der Waals surface area contributed by atoms with E-state index in [1.54, 1.807) is 0 Å². The van der Waals surface area contributed by atoms with Gasteiger partial charge < -0.3 is 9.47 Å². The van der Waals surface area contributed by atoms with Crippen molar-refractivity contribution in [3.63, 3.8) is 0 Å². The summed E-state index contributed by atoms with van der Waals surface area (Å²) in [5, 5.41) is 8.18. The van der Waals surface area contributed by atoms with Crippen LogP contribution in [-0.2, 0) is 33.3 Å². The number of nitrogens with zero attached hydrogens (tertiary/aromatic N) is 5. The van der Waals surface area contributed by atoms with Gasteiger partial charge in [-0.1, -0.05) is 55.8 Å². The molecular formula is C33H33F3N6O4. The average molecular weight is 635 g/mol. The molecule has 1 N–H and O–H groups in total. The van der Waals surface area contributed by atoms with Gasteiger partial charge in [0.1, 0.15) is 0 Å². The number of hydrogen-bond acceptors (Lipinski definition) is 7. The number of alkyl halides is 3. The normalized spacial score (nSPS) is 18.4. The molecular weight excluding hydrogens is 601 g/mol. The number of aromatic nitrogens is 4. The standard InChI is InChI=1S/C33H33F3N6O4/c1-2-6-27-25(18-20-9-10-23(21-7-4-3-5-8-21)24(17-20)26-19-28(43)39-38-26)29(44)41(31-37-30(33(34,35)36)40-42(27)31)22-11-13-32(14-12-22)45-15-16-46-32/h3-5,7-10,17,22H,2,6,11-16,18-19H2,1H3,(H,39,43). The lowest BCUT2D eigenvalue weighted by Gasteiger charge is -2.36. The molecule has 1 saturated carbocycles. The highest BCUT2D eigenvalue weighted by atomic mass is 19.4. The fraction of sp³-hybridized carbons (Fsp3) is 0.424. The Bertz CT molecular complexity index is 1880. The van der Waals surface area contributed by atoms with Crippen LogP contribution in [0.5, 0.6) is 0 Å². The van der Waals surface area contributed by atoms with Crippen molar-refractivity contribution in [3.05, 3.63) is 87.1 Å². The van der Waals surface area contributed by atoms with Crippen LogP contribution in [-0.4, -0.2) is 49.8 Å². The summed E-state index contributed by atoms with van der Waals surface area (Å²) >= 11 is 0. The first kappa shape index (κ1) is 30.3. The first-order valence-corrected chi connectivity index (χ1v) is 15.6. The van der Waals surface area contributed by atoms with Crippen LogP contribution in [0.1, 0.15) is 79.7 Å². The minimum absolute atomic E-state index is 0.108. The lowest BCUT2D eigenvalue weighted by atomic mass is 9.89. The zero-order chi connectivity index (χ0) is 32.1. The Morgan fingerprint density at radius 1 is 1.02 bits per heavy atom. The minimum Gasteiger partial charge on any atom is -0.348 e. The van der Waals surface area contributed by atoms with Crippen LogP contribution in [0.15, 0.2) is 58.4 Å². The van der Waals surface area contributed by atoms with Crippen LogP contribution in [0.3, 0.4) is 0 Å². The van der Waals surface area contributed by atoms with Crippen molar-refractivity contribution < 1.29 is 27.4 Å². The number of rotatable bonds is 7. The van der Waals surface area contributed by atoms with E-state index in [2.05, 4.69) is 20.6 Å². The molecule has 4 heterocycles. The monoisotopic (exact) mass is 634 g/mol. The second kappa shape index (κ2) is 11.8. The Hall–Kier alpha value is -4.36. The van der Waals surface area contributed by atoms with Crippen molar-refractivity contribution in [2.24, 2.45) is 5.10 Å². The number of halogens is 3. The molecule has 0 bridgehead atoms. The topological polar surface area (TPSA) is 112 Å². The summed E-state index contributed by atoms with van der Waals surface area (Å²) in [4.78, 5) is 30.5. The van der Waals surface area contributed by atoms with Crippen LogP contribution < -0.4 is 11.0 Å². The molecule has 2 fully saturated rings. The zero-order valence-corrected chi connectivity index (χ0v) is 25.3. The maximum absolute atomic E-state index is 14.5. The molecule has 0 radical (unpaired) electrons. The van der Waals surface area contributed by atoms with Gasteiger partial charge in [0.05, 0.1) is 31.0 Å². The Morgan fingerprint density at radius 3 is 2.41 bits per heavy atom. The van der Waals surface area contributed by atoms with E-state index in [4.69, 9.17) is 9.47 Å². The van der Waals surface area contributed by atoms with Gasteiger partial charge in [-0.05, 0) is 42.0 Å². The molecule has 0 unspecified atom stereocenters. The van der Waals surface area contributed by atoms with Crippen LogP contribution >= 0.6 is 0 Å². The average Bonchev–Trinajstić information content (AvgIpc) is 3.81. The summed E-state index contributed by atoms with van der Waals surface area (Å²) in [7, 11) is 0. The predicted molar refractivity (Wildman–Crippen MR) is 162 cm³/mol. The fourth-order valence-corrected chi connectivity index (χ4v) is 6.87. The molecule has 2 aromatic carbocycles. The van der Waals surface area contributed by atoms with Gasteiger partial charge in [-0.15, -0.1) is 5.10 Å². The first-order chi connectivity index (χ1) is 22.2. The number of carbonyl (C=O) groups excluding carboxylic acids is 1. The van der Waals surface area contributed by atoms with Gasteiger partial charge >= 0.3 is 6.18 Å². The van der Waals surface area contributed by atoms with E-state index in [1.807, 2.05) is 55.5 Å². The van der Waals surface area contributed by atoms with Crippen molar-refractivity contribution in [1.29, 1.82) is 0 Å². The van der Waals surface area contributed by atoms with Crippen LogP contribution in [0.4, 0.5) is 13.2 Å². The van der Waals surface area contributed by atoms with Crippen molar-refractivity contribution >= 4 is 17.4 Å². The van der Waals surface area contributed by atoms with Gasteiger partial charge in [0, 0.05) is 36.4 Å². The van der Waals surface area contributed by atoms with Crippen molar-refractivity contribution in [2.75, 3.05) is 13.2 Å². The second-order valence-electron chi connectivity index (χ2n) is 12.0. The molecule has 0 atom stereocenters. The lowest BCUT2D eigenvalue weighted by Crippen LogP contribution is -2.39. The number of hydrogen-bond donors (Lipinski definition) is 1. The number of fused-ring (bicyclic) bond motifs is 1. The fourth-order valence-electron chi connectivity index (χ4n) is 6.87. The quantitative estimate of drug-likeness (QED) is 0.299. The molecule has 2 aromatic heterocycles. The third-order valence-corrected chi connectivity index (χ3v) is 9.03. The molecule has 7 rings (SSSR count). The maximum atomic E-state index is 14.5. The second-order valence-corrected chi connectivity index (χ2v) is 12.0. The van der Waals surface area contributed by atoms with E-state index in [0.29, 0.717) is 68.7 Å². The summed E-state index contributed by atoms with van der Waals surface area (Å²) < 4.78 is 56.2. The van der Waals surface area contributed by atoms with Crippen LogP contribution in [0.2, 0.25) is 0 Å². The van der Waals surface area contributed by atoms with E-state index in [0.717, 1.165) is 22.3 Å². The summed E-state index contributed by atoms with van der Waals surface area (Å²) in [5.74, 6) is -2.31. The van der Waals surface area contributed by atoms with Gasteiger partial charge in [-0.2, -0.15) is 23.3 Å². The molecule has 1 spiro atoms. The number of ether oxygens (including phenoxy) is 2. The molecule has 240 valence electrons. The van der Waals surface area contributed by atoms with E-state index in [9.17, 15) is 22.8 Å². The number of amides is 1. The number of carbonyl (C=O) groups is 1. The van der Waals surface area contributed by atoms with Gasteiger partial charge in [-0.3, -0.25) is 14.2 Å². The van der Waals surface area contributed by atoms with Crippen molar-refractivity contribution in [2.45, 2.75) is 76.3 Å². The summed E-state index contributed by atoms with van der Waals surface area (Å²) in [5.41, 5.74) is 6.79. The summed E-state index contributed by atoms with van der Waals surface area (Å²) in [6, 6.07) is 15.0. The summed E-state index contributed by atoms with van der Waals surface area (Å²) in [6.07, 6.45) is -1.63. The Balaban J connectivity index is 1.36. The van der Waals surface area contributed by atoms with E-state index >= 15 is 0 Å². The number of nitrogens with one attached hydrogen (secondary N) is 1. The molecule has 10 nitrogen and oxygen atoms in total. The minimum atomic E-state index is -4.78. The Morgan fingerprint density at radius 2 is 1.76 bits per heavy atom. The molecule has 3 aliphatic rings. The molecule has 1 saturated heterocycles. The number of aryl methyl sites for hydroxylation is 1. The van der Waals surface area contributed by atoms with Crippen LogP contribution in [0, 0.1) is 0 Å². The Kier molecular flexibility index (Phi) is 7.76. The molecule has 1 amide bonds. The number of benzene rings is 2. The van der Waals surface area contributed by atoms with E-state index in [1.165, 1.54) is 9.08 Å². The third kappa shape index (κ3) is 5.51. The van der Waals surface area contributed by atoms with Gasteiger partial charge in [0.2, 0.25) is 11.7 Å². The smallest absolute Gasteiger partial charge is 0.348 e. The highest BCUT2D eigenvalue weighted by Crippen LogP contribution is 2.41. The van der Waals surface area contributed by atoms with Crippen molar-refractivity contribution in [1.82, 2.24) is 24.6 Å². The van der Waals surface area contributed by atoms with Crippen LogP contribution in [0.25, 0.3) is 16.9 Å². The van der Waals surface area contributed by atoms with E-state index in [-0.39, 0.29) is 30.1 Å². The van der Waals surface area contributed by atoms with Gasteiger partial charge in [-0.25, -0.2) is 9.94 Å². The Labute approximate surface area is 262 Å². The third-order valence-electron chi connectivity index (χ3n) is 9.03. The predicted octanol–water partition coefficient (Wildman–Crippen LogP) is 5.20. The lowest BCUT2D eigenvalue weighted by molar-refractivity contribution is -0.181. The van der Waals surface area contributed by atoms with Gasteiger partial charge in [0.25, 0.3) is 11.4 Å². The summed E-state index contributed by atoms with van der Waals surface area (Å²) in [6.45, 7) is 2.89. The van der Waals surface area contributed by atoms with Gasteiger partial charge in [0.15, 0.2) is 5.79 Å². The molecule has 46 heavy (non-hydrogen) atoms. The SMILES string of the molecule is CCCc1c(Cc2ccc(-c3ccccc3)c(C3=NNC(=O)C3)c2)c(=O)n(C2CCC3(CC2)OCCO3)c2nc(C(F)(F)F)nn12. The van der Waals surface area contributed by atoms with E-state index < -0.39 is 23.8 Å². The molecule has 4 aromatic rings. The molecule has 2 aliphatic heterocycles. The largest absolute Gasteiger partial charge is 0.453 e. The maximum Gasteiger partial charge on any atom is 0.453 e. The highest BCUT2D eigenvalue weighted by Gasteiger charge is 2.43. The zero-order valence-electron chi connectivity index (χ0n) is 25.3. The van der Waals surface area contributed by atoms with Crippen molar-refractivity contribution in [3.8, 4) is 11.1 Å². The first-order valence-electron chi connectivity index (χ1n) is 15.6. The molecule has 13 heteroatoms. The molecule has 1 aliphatic carbocycles. The number of hydrazone groups is 1.